The number of hydrogen-bond donors (Lipinski definition) is 1. The van der Waals surface area contributed by atoms with Gasteiger partial charge in [-0.25, -0.2) is 0 Å². The molecule has 0 aliphatic carbocycles. The molecule has 8 heteroatoms. The second-order valence-electron chi connectivity index (χ2n) is 6.30. The van der Waals surface area contributed by atoms with E-state index >= 15 is 0 Å². The highest BCUT2D eigenvalue weighted by Crippen LogP contribution is 2.24. The van der Waals surface area contributed by atoms with Gasteiger partial charge in [0.15, 0.2) is 6.61 Å². The number of halogens is 2. The minimum Gasteiger partial charge on any atom is -0.497 e. The van der Waals surface area contributed by atoms with E-state index in [1.54, 1.807) is 56.5 Å². The van der Waals surface area contributed by atoms with Crippen LogP contribution in [0.4, 0.5) is 0 Å². The molecule has 0 heterocycles. The topological polar surface area (TPSA) is 67.9 Å². The van der Waals surface area contributed by atoms with Crippen LogP contribution in [0.5, 0.6) is 11.5 Å². The van der Waals surface area contributed by atoms with Crippen LogP contribution in [0, 0.1) is 0 Å². The summed E-state index contributed by atoms with van der Waals surface area (Å²) in [7, 11) is 1.57. The van der Waals surface area contributed by atoms with Crippen LogP contribution in [0.25, 0.3) is 0 Å². The molecule has 0 saturated carbocycles. The second-order valence-corrected chi connectivity index (χ2v) is 7.12. The average Bonchev–Trinajstić information content (AvgIpc) is 2.72. The number of carbonyl (C=O) groups excluding carboxylic acids is 2. The van der Waals surface area contributed by atoms with Crippen molar-refractivity contribution in [2.75, 3.05) is 20.3 Å². The molecule has 156 valence electrons. The van der Waals surface area contributed by atoms with Gasteiger partial charge in [0.2, 0.25) is 5.91 Å². The third-order valence-electron chi connectivity index (χ3n) is 4.28. The first-order valence-electron chi connectivity index (χ1n) is 9.13. The maximum atomic E-state index is 12.9. The van der Waals surface area contributed by atoms with Gasteiger partial charge in [-0.05, 0) is 55.8 Å². The highest BCUT2D eigenvalue weighted by atomic mass is 35.5. The van der Waals surface area contributed by atoms with Crippen molar-refractivity contribution in [1.82, 2.24) is 10.2 Å². The van der Waals surface area contributed by atoms with Crippen LogP contribution < -0.4 is 14.8 Å². The van der Waals surface area contributed by atoms with Crippen LogP contribution in [0.1, 0.15) is 19.4 Å². The van der Waals surface area contributed by atoms with E-state index in [1.165, 1.54) is 4.90 Å². The molecule has 6 nitrogen and oxygen atoms in total. The van der Waals surface area contributed by atoms with E-state index in [2.05, 4.69) is 5.32 Å². The molecule has 2 amide bonds. The highest BCUT2D eigenvalue weighted by Gasteiger charge is 2.26. The molecule has 0 spiro atoms. The summed E-state index contributed by atoms with van der Waals surface area (Å²) in [6.07, 6.45) is 0. The summed E-state index contributed by atoms with van der Waals surface area (Å²) in [6, 6.07) is 11.3. The number of ether oxygens (including phenoxy) is 2. The van der Waals surface area contributed by atoms with Gasteiger partial charge in [-0.15, -0.1) is 0 Å². The zero-order valence-corrected chi connectivity index (χ0v) is 18.1. The number of carbonyl (C=O) groups is 2. The average molecular weight is 439 g/mol. The molecule has 0 fully saturated rings. The Kier molecular flexibility index (Phi) is 8.61. The van der Waals surface area contributed by atoms with Crippen LogP contribution in [0.2, 0.25) is 10.0 Å². The normalized spacial score (nSPS) is 11.5. The minimum absolute atomic E-state index is 0.194. The molecule has 1 atom stereocenters. The first-order valence-corrected chi connectivity index (χ1v) is 9.89. The van der Waals surface area contributed by atoms with Crippen LogP contribution in [0.15, 0.2) is 42.5 Å². The highest BCUT2D eigenvalue weighted by molar-refractivity contribution is 6.42. The molecule has 0 saturated heterocycles. The number of nitrogens with zero attached hydrogens (tertiary/aromatic N) is 1. The van der Waals surface area contributed by atoms with E-state index in [4.69, 9.17) is 32.7 Å². The Morgan fingerprint density at radius 2 is 1.72 bits per heavy atom. The van der Waals surface area contributed by atoms with Crippen molar-refractivity contribution >= 4 is 35.0 Å². The Morgan fingerprint density at radius 1 is 1.07 bits per heavy atom. The lowest BCUT2D eigenvalue weighted by atomic mass is 10.1. The third-order valence-corrected chi connectivity index (χ3v) is 5.02. The maximum absolute atomic E-state index is 12.9. The fraction of sp³-hybridized carbons (Fsp3) is 0.333. The zero-order valence-electron chi connectivity index (χ0n) is 16.6. The first kappa shape index (κ1) is 22.8. The lowest BCUT2D eigenvalue weighted by molar-refractivity contribution is -0.142. The van der Waals surface area contributed by atoms with Crippen molar-refractivity contribution in [3.8, 4) is 11.5 Å². The number of methoxy groups -OCH3 is 1. The third kappa shape index (κ3) is 6.54. The number of amides is 2. The smallest absolute Gasteiger partial charge is 0.261 e. The number of hydrogen-bond acceptors (Lipinski definition) is 4. The van der Waals surface area contributed by atoms with E-state index in [9.17, 15) is 9.59 Å². The summed E-state index contributed by atoms with van der Waals surface area (Å²) in [5.41, 5.74) is 0.758. The molecule has 29 heavy (non-hydrogen) atoms. The molecule has 0 aliphatic rings. The lowest BCUT2D eigenvalue weighted by Crippen LogP contribution is -2.49. The SMILES string of the molecule is CCNC(=O)C(C)N(Cc1ccc(Cl)c(Cl)c1)C(=O)COc1ccc(OC)cc1. The largest absolute Gasteiger partial charge is 0.497 e. The van der Waals surface area contributed by atoms with Crippen LogP contribution >= 0.6 is 23.2 Å². The molecule has 0 radical (unpaired) electrons. The fourth-order valence-corrected chi connectivity index (χ4v) is 2.96. The molecule has 2 aromatic carbocycles. The molecule has 2 aromatic rings. The van der Waals surface area contributed by atoms with E-state index in [-0.39, 0.29) is 25.0 Å². The van der Waals surface area contributed by atoms with E-state index in [0.29, 0.717) is 28.1 Å². The first-order chi connectivity index (χ1) is 13.8. The number of likely N-dealkylation sites (N-methyl/N-ethyl adjacent to an activating group) is 1. The van der Waals surface area contributed by atoms with Crippen molar-refractivity contribution in [1.29, 1.82) is 0 Å². The van der Waals surface area contributed by atoms with E-state index in [0.717, 1.165) is 5.56 Å². The molecular weight excluding hydrogens is 415 g/mol. The number of rotatable bonds is 9. The zero-order chi connectivity index (χ0) is 21.4. The summed E-state index contributed by atoms with van der Waals surface area (Å²) >= 11 is 12.1. The van der Waals surface area contributed by atoms with Gasteiger partial charge in [-0.1, -0.05) is 29.3 Å². The summed E-state index contributed by atoms with van der Waals surface area (Å²) in [5.74, 6) is 0.644. The van der Waals surface area contributed by atoms with Gasteiger partial charge >= 0.3 is 0 Å². The Bertz CT molecular complexity index is 843. The molecule has 0 bridgehead atoms. The Hall–Kier alpha value is -2.44. The van der Waals surface area contributed by atoms with Crippen LogP contribution in [0.3, 0.4) is 0 Å². The van der Waals surface area contributed by atoms with Gasteiger partial charge in [0.25, 0.3) is 5.91 Å². The Balaban J connectivity index is 2.14. The monoisotopic (exact) mass is 438 g/mol. The van der Waals surface area contributed by atoms with Gasteiger partial charge < -0.3 is 19.7 Å². The summed E-state index contributed by atoms with van der Waals surface area (Å²) in [6.45, 7) is 3.95. The maximum Gasteiger partial charge on any atom is 0.261 e. The van der Waals surface area contributed by atoms with Crippen LogP contribution in [-0.2, 0) is 16.1 Å². The van der Waals surface area contributed by atoms with Crippen molar-refractivity contribution in [2.45, 2.75) is 26.4 Å². The quantitative estimate of drug-likeness (QED) is 0.643. The van der Waals surface area contributed by atoms with Crippen molar-refractivity contribution < 1.29 is 19.1 Å². The van der Waals surface area contributed by atoms with Crippen molar-refractivity contribution in [2.24, 2.45) is 0 Å². The number of nitrogens with one attached hydrogen (secondary N) is 1. The summed E-state index contributed by atoms with van der Waals surface area (Å²) in [5, 5.41) is 3.55. The van der Waals surface area contributed by atoms with E-state index in [1.807, 2.05) is 6.92 Å². The van der Waals surface area contributed by atoms with E-state index < -0.39 is 6.04 Å². The standard InChI is InChI=1S/C21H24Cl2N2O4/c1-4-24-21(27)14(2)25(12-15-5-10-18(22)19(23)11-15)20(26)13-29-17-8-6-16(28-3)7-9-17/h5-11,14H,4,12-13H2,1-3H3,(H,24,27). The minimum atomic E-state index is -0.684. The van der Waals surface area contributed by atoms with Crippen molar-refractivity contribution in [3.05, 3.63) is 58.1 Å². The molecular formula is C21H24Cl2N2O4. The summed E-state index contributed by atoms with van der Waals surface area (Å²) in [4.78, 5) is 26.7. The lowest BCUT2D eigenvalue weighted by Gasteiger charge is -2.28. The van der Waals surface area contributed by atoms with Crippen LogP contribution in [-0.4, -0.2) is 43.0 Å². The molecule has 1 N–H and O–H groups in total. The molecule has 0 aromatic heterocycles. The van der Waals surface area contributed by atoms with Crippen molar-refractivity contribution in [3.63, 3.8) is 0 Å². The molecule has 0 aliphatic heterocycles. The summed E-state index contributed by atoms with van der Waals surface area (Å²) < 4.78 is 10.7. The van der Waals surface area contributed by atoms with Gasteiger partial charge in [-0.2, -0.15) is 0 Å². The Labute approximate surface area is 180 Å². The molecule has 2 rings (SSSR count). The number of benzene rings is 2. The predicted molar refractivity (Wildman–Crippen MR) is 114 cm³/mol. The van der Waals surface area contributed by atoms with Gasteiger partial charge in [0.05, 0.1) is 17.2 Å². The Morgan fingerprint density at radius 3 is 2.31 bits per heavy atom. The van der Waals surface area contributed by atoms with Gasteiger partial charge in [0, 0.05) is 13.1 Å². The molecule has 1 unspecified atom stereocenters. The van der Waals surface area contributed by atoms with Gasteiger partial charge in [-0.3, -0.25) is 9.59 Å². The second kappa shape index (κ2) is 10.9. The predicted octanol–water partition coefficient (Wildman–Crippen LogP) is 3.93. The fourth-order valence-electron chi connectivity index (χ4n) is 2.64. The van der Waals surface area contributed by atoms with Gasteiger partial charge in [0.1, 0.15) is 17.5 Å².